The highest BCUT2D eigenvalue weighted by Crippen LogP contribution is 2.23. The highest BCUT2D eigenvalue weighted by atomic mass is 79.9. The van der Waals surface area contributed by atoms with Gasteiger partial charge in [0.1, 0.15) is 12.4 Å². The average molecular weight is 332 g/mol. The van der Waals surface area contributed by atoms with Gasteiger partial charge in [-0.25, -0.2) is 0 Å². The lowest BCUT2D eigenvalue weighted by Crippen LogP contribution is -2.03. The van der Waals surface area contributed by atoms with E-state index in [0.717, 1.165) is 28.0 Å². The maximum Gasteiger partial charge on any atom is 0.124 e. The van der Waals surface area contributed by atoms with Gasteiger partial charge in [0, 0.05) is 22.3 Å². The Balaban J connectivity index is 2.06. The summed E-state index contributed by atoms with van der Waals surface area (Å²) >= 11 is 3.55. The van der Waals surface area contributed by atoms with Gasteiger partial charge < -0.3 is 10.1 Å². The van der Waals surface area contributed by atoms with E-state index in [1.165, 1.54) is 5.56 Å². The molecule has 0 aromatic heterocycles. The topological polar surface area (TPSA) is 21.3 Å². The zero-order valence-corrected chi connectivity index (χ0v) is 13.1. The number of rotatable bonds is 6. The molecular weight excluding hydrogens is 314 g/mol. The van der Waals surface area contributed by atoms with Crippen LogP contribution in [-0.2, 0) is 6.54 Å². The van der Waals surface area contributed by atoms with Gasteiger partial charge in [0.25, 0.3) is 0 Å². The molecule has 104 valence electrons. The van der Waals surface area contributed by atoms with Gasteiger partial charge in [0.15, 0.2) is 0 Å². The summed E-state index contributed by atoms with van der Waals surface area (Å²) in [4.78, 5) is 0. The summed E-state index contributed by atoms with van der Waals surface area (Å²) in [6.45, 7) is 6.99. The molecule has 0 aliphatic carbocycles. The fourth-order valence-electron chi connectivity index (χ4n) is 1.84. The molecule has 0 saturated heterocycles. The van der Waals surface area contributed by atoms with E-state index < -0.39 is 0 Å². The van der Waals surface area contributed by atoms with E-state index in [2.05, 4.69) is 59.0 Å². The van der Waals surface area contributed by atoms with Gasteiger partial charge in [-0.15, -0.1) is 0 Å². The molecule has 0 amide bonds. The van der Waals surface area contributed by atoms with Crippen molar-refractivity contribution in [2.75, 3.05) is 11.9 Å². The summed E-state index contributed by atoms with van der Waals surface area (Å²) < 4.78 is 6.76. The molecule has 0 unspecified atom stereocenters. The first kappa shape index (κ1) is 14.7. The van der Waals surface area contributed by atoms with E-state index in [4.69, 9.17) is 4.74 Å². The first-order chi connectivity index (χ1) is 9.70. The van der Waals surface area contributed by atoms with Crippen molar-refractivity contribution in [3.05, 3.63) is 70.7 Å². The number of ether oxygens (including phenoxy) is 1. The van der Waals surface area contributed by atoms with E-state index >= 15 is 0 Å². The lowest BCUT2D eigenvalue weighted by Gasteiger charge is -2.12. The minimum atomic E-state index is 0.521. The van der Waals surface area contributed by atoms with Crippen molar-refractivity contribution in [3.63, 3.8) is 0 Å². The van der Waals surface area contributed by atoms with Crippen LogP contribution in [0, 0.1) is 6.92 Å². The summed E-state index contributed by atoms with van der Waals surface area (Å²) in [6, 6.07) is 14.3. The van der Waals surface area contributed by atoms with Gasteiger partial charge in [0.2, 0.25) is 0 Å². The summed E-state index contributed by atoms with van der Waals surface area (Å²) in [5.41, 5.74) is 3.44. The lowest BCUT2D eigenvalue weighted by atomic mass is 10.2. The quantitative estimate of drug-likeness (QED) is 0.757. The molecule has 0 heterocycles. The van der Waals surface area contributed by atoms with Gasteiger partial charge in [0.05, 0.1) is 0 Å². The number of aryl methyl sites for hydroxylation is 1. The maximum absolute atomic E-state index is 5.65. The predicted molar refractivity (Wildman–Crippen MR) is 88.3 cm³/mol. The van der Waals surface area contributed by atoms with Crippen LogP contribution < -0.4 is 10.1 Å². The Kier molecular flexibility index (Phi) is 5.24. The summed E-state index contributed by atoms with van der Waals surface area (Å²) in [6.07, 6.45) is 1.75. The molecule has 2 aromatic carbocycles. The third kappa shape index (κ3) is 3.87. The van der Waals surface area contributed by atoms with Gasteiger partial charge in [-0.1, -0.05) is 52.9 Å². The van der Waals surface area contributed by atoms with E-state index in [1.54, 1.807) is 6.08 Å². The van der Waals surface area contributed by atoms with Crippen LogP contribution in [0.1, 0.15) is 11.1 Å². The van der Waals surface area contributed by atoms with Crippen LogP contribution in [0.15, 0.2) is 59.6 Å². The van der Waals surface area contributed by atoms with Crippen molar-refractivity contribution >= 4 is 21.6 Å². The number of nitrogens with one attached hydrogen (secondary N) is 1. The second-order valence-electron chi connectivity index (χ2n) is 4.52. The first-order valence-corrected chi connectivity index (χ1v) is 7.31. The lowest BCUT2D eigenvalue weighted by molar-refractivity contribution is 0.359. The average Bonchev–Trinajstić information content (AvgIpc) is 2.47. The highest BCUT2D eigenvalue weighted by Gasteiger charge is 2.03. The highest BCUT2D eigenvalue weighted by molar-refractivity contribution is 9.10. The number of benzene rings is 2. The molecule has 0 bridgehead atoms. The predicted octanol–water partition coefficient (Wildman–Crippen LogP) is 4.93. The largest absolute Gasteiger partial charge is 0.489 e. The van der Waals surface area contributed by atoms with Crippen molar-refractivity contribution in [2.45, 2.75) is 13.5 Å². The molecule has 0 atom stereocenters. The van der Waals surface area contributed by atoms with E-state index in [-0.39, 0.29) is 0 Å². The molecule has 0 aliphatic heterocycles. The molecule has 1 N–H and O–H groups in total. The second kappa shape index (κ2) is 7.15. The van der Waals surface area contributed by atoms with Gasteiger partial charge in [-0.2, -0.15) is 0 Å². The van der Waals surface area contributed by atoms with Gasteiger partial charge in [-0.3, -0.25) is 0 Å². The first-order valence-electron chi connectivity index (χ1n) is 6.52. The Morgan fingerprint density at radius 3 is 2.80 bits per heavy atom. The number of halogens is 1. The van der Waals surface area contributed by atoms with Crippen molar-refractivity contribution in [3.8, 4) is 5.75 Å². The number of hydrogen-bond acceptors (Lipinski definition) is 2. The molecular formula is C17H18BrNO. The van der Waals surface area contributed by atoms with Crippen molar-refractivity contribution in [1.29, 1.82) is 0 Å². The fourth-order valence-corrected chi connectivity index (χ4v) is 2.22. The van der Waals surface area contributed by atoms with Crippen LogP contribution >= 0.6 is 15.9 Å². The molecule has 0 fully saturated rings. The van der Waals surface area contributed by atoms with Crippen LogP contribution in [-0.4, -0.2) is 6.61 Å². The molecule has 0 saturated carbocycles. The molecule has 2 nitrogen and oxygen atoms in total. The van der Waals surface area contributed by atoms with Crippen molar-refractivity contribution in [1.82, 2.24) is 0 Å². The number of para-hydroxylation sites is 1. The van der Waals surface area contributed by atoms with Crippen molar-refractivity contribution in [2.24, 2.45) is 0 Å². The Bertz CT molecular complexity index is 595. The molecule has 20 heavy (non-hydrogen) atoms. The third-order valence-corrected chi connectivity index (χ3v) is 3.84. The fraction of sp³-hybridized carbons (Fsp3) is 0.176. The number of hydrogen-bond donors (Lipinski definition) is 1. The zero-order valence-electron chi connectivity index (χ0n) is 11.5. The van der Waals surface area contributed by atoms with E-state index in [0.29, 0.717) is 6.61 Å². The monoisotopic (exact) mass is 331 g/mol. The summed E-state index contributed by atoms with van der Waals surface area (Å²) in [5, 5.41) is 3.41. The van der Waals surface area contributed by atoms with E-state index in [1.807, 2.05) is 18.2 Å². The summed E-state index contributed by atoms with van der Waals surface area (Å²) in [5.74, 6) is 0.895. The Morgan fingerprint density at radius 2 is 2.05 bits per heavy atom. The third-order valence-electron chi connectivity index (χ3n) is 2.98. The molecule has 2 aromatic rings. The Hall–Kier alpha value is -1.74. The van der Waals surface area contributed by atoms with Crippen LogP contribution in [0.4, 0.5) is 5.69 Å². The molecule has 2 rings (SSSR count). The molecule has 0 radical (unpaired) electrons. The van der Waals surface area contributed by atoms with Gasteiger partial charge >= 0.3 is 0 Å². The van der Waals surface area contributed by atoms with Crippen LogP contribution in [0.5, 0.6) is 5.75 Å². The van der Waals surface area contributed by atoms with E-state index in [9.17, 15) is 0 Å². The van der Waals surface area contributed by atoms with Crippen LogP contribution in [0.25, 0.3) is 0 Å². The Labute approximate surface area is 128 Å². The smallest absolute Gasteiger partial charge is 0.124 e. The Morgan fingerprint density at radius 1 is 1.25 bits per heavy atom. The summed E-state index contributed by atoms with van der Waals surface area (Å²) in [7, 11) is 0. The molecule has 3 heteroatoms. The molecule has 0 spiro atoms. The van der Waals surface area contributed by atoms with Crippen LogP contribution in [0.3, 0.4) is 0 Å². The minimum Gasteiger partial charge on any atom is -0.489 e. The van der Waals surface area contributed by atoms with Crippen molar-refractivity contribution < 1.29 is 4.74 Å². The SMILES string of the molecule is C=CCOc1ccccc1CNc1ccc(C)c(Br)c1. The molecule has 0 aliphatic rings. The number of anilines is 1. The van der Waals surface area contributed by atoms with Crippen LogP contribution in [0.2, 0.25) is 0 Å². The van der Waals surface area contributed by atoms with Gasteiger partial charge in [-0.05, 0) is 30.7 Å². The minimum absolute atomic E-state index is 0.521. The zero-order chi connectivity index (χ0) is 14.4. The standard InChI is InChI=1S/C17H18BrNO/c1-3-10-20-17-7-5-4-6-14(17)12-19-15-9-8-13(2)16(18)11-15/h3-9,11,19H,1,10,12H2,2H3. The maximum atomic E-state index is 5.65. The second-order valence-corrected chi connectivity index (χ2v) is 5.38. The normalized spacial score (nSPS) is 10.1.